The number of hydrogen-bond donors (Lipinski definition) is 1. The quantitative estimate of drug-likeness (QED) is 0.799. The molecule has 1 fully saturated rings. The van der Waals surface area contributed by atoms with Crippen LogP contribution in [-0.4, -0.2) is 61.1 Å². The van der Waals surface area contributed by atoms with E-state index in [9.17, 15) is 4.79 Å². The van der Waals surface area contributed by atoms with Crippen molar-refractivity contribution in [2.24, 2.45) is 21.9 Å². The average molecular weight is 376 g/mol. The lowest BCUT2D eigenvalue weighted by Crippen LogP contribution is -2.42. The Morgan fingerprint density at radius 3 is 2.93 bits per heavy atom. The maximum Gasteiger partial charge on any atom is 0.253 e. The fourth-order valence-electron chi connectivity index (χ4n) is 4.53. The van der Waals surface area contributed by atoms with Gasteiger partial charge in [-0.05, 0) is 24.1 Å². The van der Waals surface area contributed by atoms with Gasteiger partial charge in [0.05, 0.1) is 25.3 Å². The summed E-state index contributed by atoms with van der Waals surface area (Å²) in [5.74, 6) is 0.379. The van der Waals surface area contributed by atoms with Gasteiger partial charge in [-0.25, -0.2) is 0 Å². The molecule has 144 valence electrons. The molecule has 0 aromatic rings. The number of allylic oxidation sites excluding steroid dienone is 3. The van der Waals surface area contributed by atoms with Gasteiger partial charge in [0.1, 0.15) is 0 Å². The van der Waals surface area contributed by atoms with Crippen LogP contribution in [0.1, 0.15) is 6.92 Å². The lowest BCUT2D eigenvalue weighted by atomic mass is 9.74. The summed E-state index contributed by atoms with van der Waals surface area (Å²) in [5.41, 5.74) is 7.44. The highest BCUT2D eigenvalue weighted by molar-refractivity contribution is 5.98. The number of ether oxygens (including phenoxy) is 1. The predicted molar refractivity (Wildman–Crippen MR) is 109 cm³/mol. The van der Waals surface area contributed by atoms with Crippen molar-refractivity contribution in [2.45, 2.75) is 19.0 Å². The van der Waals surface area contributed by atoms with Gasteiger partial charge in [-0.15, -0.1) is 0 Å². The summed E-state index contributed by atoms with van der Waals surface area (Å²) in [6.45, 7) is 4.57. The predicted octanol–water partition coefficient (Wildman–Crippen LogP) is 1.80. The lowest BCUT2D eigenvalue weighted by molar-refractivity contribution is -0.130. The van der Waals surface area contributed by atoms with E-state index in [0.717, 1.165) is 11.3 Å². The molecule has 3 aliphatic heterocycles. The number of aliphatic imine (C=N–C) groups is 1. The first-order valence-corrected chi connectivity index (χ1v) is 9.91. The second-order valence-corrected chi connectivity index (χ2v) is 7.74. The van der Waals surface area contributed by atoms with E-state index < -0.39 is 0 Å². The number of hydrogen-bond acceptors (Lipinski definition) is 5. The van der Waals surface area contributed by atoms with Crippen molar-refractivity contribution in [1.82, 2.24) is 10.3 Å². The normalized spacial score (nSPS) is 33.2. The van der Waals surface area contributed by atoms with E-state index >= 15 is 0 Å². The first-order valence-electron chi connectivity index (χ1n) is 9.91. The topological polar surface area (TPSA) is 66.3 Å². The average Bonchev–Trinajstić information content (AvgIpc) is 3.22. The molecular formula is C22H24N4O2. The van der Waals surface area contributed by atoms with E-state index in [2.05, 4.69) is 47.0 Å². The molecule has 5 aliphatic rings. The van der Waals surface area contributed by atoms with E-state index in [1.807, 2.05) is 24.1 Å². The van der Waals surface area contributed by atoms with Gasteiger partial charge in [-0.3, -0.25) is 9.79 Å². The number of nitrogens with one attached hydrogen (secondary N) is 1. The number of carbonyl (C=O) groups excluding carboxylic acids is 1. The van der Waals surface area contributed by atoms with Gasteiger partial charge in [0.2, 0.25) is 0 Å². The van der Waals surface area contributed by atoms with Gasteiger partial charge in [0.15, 0.2) is 0 Å². The highest BCUT2D eigenvalue weighted by Gasteiger charge is 2.36. The van der Waals surface area contributed by atoms with Crippen LogP contribution in [0.3, 0.4) is 0 Å². The Kier molecular flexibility index (Phi) is 4.36. The number of nitrogens with zero attached hydrogens (tertiary/aromatic N) is 3. The van der Waals surface area contributed by atoms with E-state index in [0.29, 0.717) is 26.3 Å². The van der Waals surface area contributed by atoms with Crippen LogP contribution in [0.5, 0.6) is 0 Å². The number of amides is 1. The van der Waals surface area contributed by atoms with Crippen molar-refractivity contribution in [3.05, 3.63) is 59.3 Å². The van der Waals surface area contributed by atoms with E-state index in [4.69, 9.17) is 9.73 Å². The Hall–Kier alpha value is -2.73. The third kappa shape index (κ3) is 2.98. The maximum atomic E-state index is 13.0. The highest BCUT2D eigenvalue weighted by atomic mass is 16.5. The highest BCUT2D eigenvalue weighted by Crippen LogP contribution is 2.39. The number of hydrazone groups is 1. The summed E-state index contributed by atoms with van der Waals surface area (Å²) in [6, 6.07) is 0.244. The molecule has 0 saturated carbocycles. The van der Waals surface area contributed by atoms with Crippen LogP contribution < -0.4 is 5.43 Å². The fraction of sp³-hybridized carbons (Fsp3) is 0.409. The molecule has 3 heterocycles. The Bertz CT molecular complexity index is 899. The molecule has 0 aromatic heterocycles. The molecule has 2 aliphatic carbocycles. The Balaban J connectivity index is 1.47. The second-order valence-electron chi connectivity index (χ2n) is 7.74. The molecule has 1 N–H and O–H groups in total. The van der Waals surface area contributed by atoms with Gasteiger partial charge in [0, 0.05) is 42.4 Å². The van der Waals surface area contributed by atoms with Crippen LogP contribution >= 0.6 is 0 Å². The largest absolute Gasteiger partial charge is 0.378 e. The Labute approximate surface area is 164 Å². The SMILES string of the molecule is CC1=N[C@@H]2C=CC(C(=O)N3CCOCC3)=CC2C(C2=CC=C[C@H]3NN=CC23)=C1. The lowest BCUT2D eigenvalue weighted by Gasteiger charge is -2.34. The molecule has 0 radical (unpaired) electrons. The van der Waals surface area contributed by atoms with Crippen LogP contribution in [0.4, 0.5) is 0 Å². The number of fused-ring (bicyclic) bond motifs is 2. The first kappa shape index (κ1) is 17.4. The Morgan fingerprint density at radius 1 is 1.21 bits per heavy atom. The fourth-order valence-corrected chi connectivity index (χ4v) is 4.53. The molecular weight excluding hydrogens is 352 g/mol. The summed E-state index contributed by atoms with van der Waals surface area (Å²) in [4.78, 5) is 19.7. The van der Waals surface area contributed by atoms with Crippen molar-refractivity contribution in [2.75, 3.05) is 26.3 Å². The van der Waals surface area contributed by atoms with Gasteiger partial charge >= 0.3 is 0 Å². The molecule has 5 rings (SSSR count). The molecule has 0 aromatic carbocycles. The number of rotatable bonds is 2. The molecule has 6 heteroatoms. The molecule has 1 amide bonds. The molecule has 4 atom stereocenters. The minimum atomic E-state index is 0.0396. The number of morpholine rings is 1. The van der Waals surface area contributed by atoms with Crippen LogP contribution in [0.15, 0.2) is 69.3 Å². The summed E-state index contributed by atoms with van der Waals surface area (Å²) in [7, 11) is 0. The molecule has 6 nitrogen and oxygen atoms in total. The van der Waals surface area contributed by atoms with Gasteiger partial charge in [-0.2, -0.15) is 5.10 Å². The first-order chi connectivity index (χ1) is 13.7. The minimum absolute atomic E-state index is 0.0396. The zero-order valence-electron chi connectivity index (χ0n) is 15.9. The minimum Gasteiger partial charge on any atom is -0.378 e. The summed E-state index contributed by atoms with van der Waals surface area (Å²) in [5, 5.41) is 4.27. The summed E-state index contributed by atoms with van der Waals surface area (Å²) >= 11 is 0. The van der Waals surface area contributed by atoms with Crippen LogP contribution in [0, 0.1) is 11.8 Å². The molecule has 0 bridgehead atoms. The molecule has 0 spiro atoms. The van der Waals surface area contributed by atoms with Crippen molar-refractivity contribution in [3.63, 3.8) is 0 Å². The molecule has 28 heavy (non-hydrogen) atoms. The summed E-state index contributed by atoms with van der Waals surface area (Å²) < 4.78 is 5.38. The van der Waals surface area contributed by atoms with Crippen molar-refractivity contribution in [3.8, 4) is 0 Å². The zero-order valence-corrected chi connectivity index (χ0v) is 15.9. The monoisotopic (exact) mass is 376 g/mol. The van der Waals surface area contributed by atoms with Crippen LogP contribution in [0.25, 0.3) is 0 Å². The number of carbonyl (C=O) groups is 1. The molecule has 1 saturated heterocycles. The smallest absolute Gasteiger partial charge is 0.253 e. The maximum absolute atomic E-state index is 13.0. The third-order valence-corrected chi connectivity index (χ3v) is 5.95. The van der Waals surface area contributed by atoms with Crippen LogP contribution in [-0.2, 0) is 9.53 Å². The number of dihydropyridines is 1. The summed E-state index contributed by atoms with van der Waals surface area (Å²) in [6.07, 6.45) is 16.7. The molecule has 2 unspecified atom stereocenters. The van der Waals surface area contributed by atoms with Crippen molar-refractivity contribution >= 4 is 17.8 Å². The standard InChI is InChI=1S/C22H24N4O2/c1-14-11-17(16-3-2-4-21-19(16)13-23-25-21)18-12-15(5-6-20(18)24-14)22(27)26-7-9-28-10-8-26/h2-6,11-13,18-21,25H,7-10H2,1H3/t18?,19?,20-,21-/m1/s1. The van der Waals surface area contributed by atoms with Crippen LogP contribution in [0.2, 0.25) is 0 Å². The van der Waals surface area contributed by atoms with E-state index in [-0.39, 0.29) is 29.8 Å². The van der Waals surface area contributed by atoms with Gasteiger partial charge < -0.3 is 15.1 Å². The van der Waals surface area contributed by atoms with Gasteiger partial charge in [0.25, 0.3) is 5.91 Å². The van der Waals surface area contributed by atoms with E-state index in [1.165, 1.54) is 11.1 Å². The van der Waals surface area contributed by atoms with Gasteiger partial charge in [-0.1, -0.05) is 36.5 Å². The van der Waals surface area contributed by atoms with E-state index in [1.54, 1.807) is 0 Å². The zero-order chi connectivity index (χ0) is 19.1. The van der Waals surface area contributed by atoms with Crippen molar-refractivity contribution in [1.29, 1.82) is 0 Å². The second kappa shape index (κ2) is 7.02. The van der Waals surface area contributed by atoms with Crippen molar-refractivity contribution < 1.29 is 9.53 Å². The Morgan fingerprint density at radius 2 is 2.07 bits per heavy atom. The third-order valence-electron chi connectivity index (χ3n) is 5.95.